The van der Waals surface area contributed by atoms with Crippen molar-refractivity contribution in [2.45, 2.75) is 19.4 Å². The van der Waals surface area contributed by atoms with Crippen molar-refractivity contribution in [3.8, 4) is 0 Å². The molecule has 0 spiro atoms. The first-order chi connectivity index (χ1) is 5.31. The number of nitrogens with one attached hydrogen (secondary N) is 1. The molecule has 0 bridgehead atoms. The summed E-state index contributed by atoms with van der Waals surface area (Å²) in [5.74, 6) is 1.24. The van der Waals surface area contributed by atoms with E-state index in [1.165, 1.54) is 12.2 Å². The predicted molar refractivity (Wildman–Crippen MR) is 52.3 cm³/mol. The van der Waals surface area contributed by atoms with E-state index in [9.17, 15) is 0 Å². The Hall–Kier alpha value is 0.270. The molecule has 0 aromatic carbocycles. The summed E-state index contributed by atoms with van der Waals surface area (Å²) >= 11 is 1.90. The molecule has 1 atom stereocenters. The van der Waals surface area contributed by atoms with Gasteiger partial charge in [0, 0.05) is 13.2 Å². The molecular formula is C8H19NOS. The highest BCUT2D eigenvalue weighted by atomic mass is 32.2. The zero-order valence-corrected chi connectivity index (χ0v) is 8.54. The number of methoxy groups -OCH3 is 1. The fourth-order valence-corrected chi connectivity index (χ4v) is 1.31. The Morgan fingerprint density at radius 3 is 2.82 bits per heavy atom. The van der Waals surface area contributed by atoms with Gasteiger partial charge in [-0.15, -0.1) is 0 Å². The number of hydrogen-bond donors (Lipinski definition) is 1. The molecule has 0 aliphatic carbocycles. The third-order valence-corrected chi connectivity index (χ3v) is 2.13. The molecule has 3 heteroatoms. The van der Waals surface area contributed by atoms with Gasteiger partial charge >= 0.3 is 0 Å². The molecule has 0 saturated carbocycles. The highest BCUT2D eigenvalue weighted by Crippen LogP contribution is 1.93. The lowest BCUT2D eigenvalue weighted by atomic mass is 10.3. The molecule has 0 aromatic rings. The van der Waals surface area contributed by atoms with Crippen LogP contribution in [-0.4, -0.2) is 38.3 Å². The van der Waals surface area contributed by atoms with Crippen LogP contribution < -0.4 is 5.32 Å². The lowest BCUT2D eigenvalue weighted by Crippen LogP contribution is -2.31. The zero-order chi connectivity index (χ0) is 8.53. The van der Waals surface area contributed by atoms with Crippen LogP contribution in [-0.2, 0) is 4.74 Å². The van der Waals surface area contributed by atoms with Gasteiger partial charge in [0.1, 0.15) is 0 Å². The standard InChI is InChI=1S/C8H19NOS/c1-8(7-10-2)9-5-4-6-11-3/h8-9H,4-7H2,1-3H3. The van der Waals surface area contributed by atoms with Crippen molar-refractivity contribution < 1.29 is 4.74 Å². The van der Waals surface area contributed by atoms with Crippen LogP contribution in [0.2, 0.25) is 0 Å². The van der Waals surface area contributed by atoms with E-state index in [1.54, 1.807) is 7.11 Å². The van der Waals surface area contributed by atoms with Crippen molar-refractivity contribution in [1.29, 1.82) is 0 Å². The second kappa shape index (κ2) is 8.37. The molecule has 0 aliphatic rings. The van der Waals surface area contributed by atoms with Gasteiger partial charge in [0.15, 0.2) is 0 Å². The van der Waals surface area contributed by atoms with Crippen LogP contribution in [0.15, 0.2) is 0 Å². The van der Waals surface area contributed by atoms with Crippen molar-refractivity contribution in [3.63, 3.8) is 0 Å². The van der Waals surface area contributed by atoms with Crippen molar-refractivity contribution in [3.05, 3.63) is 0 Å². The van der Waals surface area contributed by atoms with Crippen LogP contribution in [0.4, 0.5) is 0 Å². The van der Waals surface area contributed by atoms with Gasteiger partial charge in [-0.3, -0.25) is 0 Å². The molecule has 1 unspecified atom stereocenters. The van der Waals surface area contributed by atoms with Gasteiger partial charge in [-0.05, 0) is 31.9 Å². The Morgan fingerprint density at radius 1 is 1.55 bits per heavy atom. The Bertz CT molecular complexity index is 80.5. The van der Waals surface area contributed by atoms with Gasteiger partial charge in [0.2, 0.25) is 0 Å². The number of rotatable bonds is 7. The molecule has 0 aromatic heterocycles. The molecular weight excluding hydrogens is 158 g/mol. The first-order valence-electron chi connectivity index (χ1n) is 4.02. The highest BCUT2D eigenvalue weighted by Gasteiger charge is 1.97. The fourth-order valence-electron chi connectivity index (χ4n) is 0.874. The van der Waals surface area contributed by atoms with E-state index < -0.39 is 0 Å². The maximum Gasteiger partial charge on any atom is 0.0613 e. The monoisotopic (exact) mass is 177 g/mol. The maximum atomic E-state index is 4.99. The second-order valence-corrected chi connectivity index (χ2v) is 3.64. The van der Waals surface area contributed by atoms with Gasteiger partial charge in [-0.1, -0.05) is 0 Å². The molecule has 0 saturated heterocycles. The minimum absolute atomic E-state index is 0.488. The third kappa shape index (κ3) is 8.17. The van der Waals surface area contributed by atoms with E-state index in [0.29, 0.717) is 6.04 Å². The average Bonchev–Trinajstić information content (AvgIpc) is 1.99. The molecule has 0 amide bonds. The largest absolute Gasteiger partial charge is 0.383 e. The van der Waals surface area contributed by atoms with Gasteiger partial charge < -0.3 is 10.1 Å². The molecule has 0 rings (SSSR count). The van der Waals surface area contributed by atoms with Gasteiger partial charge in [0.05, 0.1) is 6.61 Å². The molecule has 11 heavy (non-hydrogen) atoms. The summed E-state index contributed by atoms with van der Waals surface area (Å²) in [6, 6.07) is 0.488. The maximum absolute atomic E-state index is 4.99. The van der Waals surface area contributed by atoms with Crippen LogP contribution in [0, 0.1) is 0 Å². The molecule has 0 radical (unpaired) electrons. The van der Waals surface area contributed by atoms with Crippen molar-refractivity contribution in [1.82, 2.24) is 5.32 Å². The van der Waals surface area contributed by atoms with E-state index in [1.807, 2.05) is 11.8 Å². The predicted octanol–water partition coefficient (Wildman–Crippen LogP) is 1.36. The van der Waals surface area contributed by atoms with Gasteiger partial charge in [0.25, 0.3) is 0 Å². The van der Waals surface area contributed by atoms with Gasteiger partial charge in [-0.2, -0.15) is 11.8 Å². The second-order valence-electron chi connectivity index (χ2n) is 2.66. The molecule has 68 valence electrons. The fraction of sp³-hybridized carbons (Fsp3) is 1.00. The normalized spacial score (nSPS) is 13.4. The Morgan fingerprint density at radius 2 is 2.27 bits per heavy atom. The van der Waals surface area contributed by atoms with Crippen molar-refractivity contribution in [2.24, 2.45) is 0 Å². The molecule has 0 aliphatic heterocycles. The number of hydrogen-bond acceptors (Lipinski definition) is 3. The summed E-state index contributed by atoms with van der Waals surface area (Å²) in [5.41, 5.74) is 0. The van der Waals surface area contributed by atoms with Crippen LogP contribution in [0.1, 0.15) is 13.3 Å². The van der Waals surface area contributed by atoms with E-state index >= 15 is 0 Å². The summed E-state index contributed by atoms with van der Waals surface area (Å²) in [7, 11) is 1.74. The Labute approximate surface area is 74.1 Å². The lowest BCUT2D eigenvalue weighted by molar-refractivity contribution is 0.172. The molecule has 1 N–H and O–H groups in total. The Balaban J connectivity index is 2.97. The zero-order valence-electron chi connectivity index (χ0n) is 7.72. The van der Waals surface area contributed by atoms with E-state index in [0.717, 1.165) is 13.2 Å². The van der Waals surface area contributed by atoms with Crippen LogP contribution in [0.3, 0.4) is 0 Å². The molecule has 0 heterocycles. The Kier molecular flexibility index (Phi) is 8.57. The van der Waals surface area contributed by atoms with Crippen molar-refractivity contribution >= 4 is 11.8 Å². The summed E-state index contributed by atoms with van der Waals surface area (Å²) in [6.07, 6.45) is 3.38. The quantitative estimate of drug-likeness (QED) is 0.593. The summed E-state index contributed by atoms with van der Waals surface area (Å²) in [5, 5.41) is 3.38. The SMILES string of the molecule is COCC(C)NCCCSC. The topological polar surface area (TPSA) is 21.3 Å². The van der Waals surface area contributed by atoms with Crippen molar-refractivity contribution in [2.75, 3.05) is 32.3 Å². The molecule has 0 fully saturated rings. The number of ether oxygens (including phenoxy) is 1. The average molecular weight is 177 g/mol. The number of thioether (sulfide) groups is 1. The van der Waals surface area contributed by atoms with Crippen LogP contribution in [0.5, 0.6) is 0 Å². The molecule has 2 nitrogen and oxygen atoms in total. The van der Waals surface area contributed by atoms with Crippen LogP contribution in [0.25, 0.3) is 0 Å². The van der Waals surface area contributed by atoms with Crippen LogP contribution >= 0.6 is 11.8 Å². The summed E-state index contributed by atoms with van der Waals surface area (Å²) < 4.78 is 4.99. The first-order valence-corrected chi connectivity index (χ1v) is 5.42. The summed E-state index contributed by atoms with van der Waals surface area (Å²) in [6.45, 7) is 4.05. The van der Waals surface area contributed by atoms with E-state index in [-0.39, 0.29) is 0 Å². The first kappa shape index (κ1) is 11.3. The minimum Gasteiger partial charge on any atom is -0.383 e. The van der Waals surface area contributed by atoms with E-state index in [2.05, 4.69) is 18.5 Å². The van der Waals surface area contributed by atoms with Gasteiger partial charge in [-0.25, -0.2) is 0 Å². The van der Waals surface area contributed by atoms with E-state index in [4.69, 9.17) is 4.74 Å². The third-order valence-electron chi connectivity index (χ3n) is 1.43. The summed E-state index contributed by atoms with van der Waals surface area (Å²) in [4.78, 5) is 0. The smallest absolute Gasteiger partial charge is 0.0613 e. The minimum atomic E-state index is 0.488. The highest BCUT2D eigenvalue weighted by molar-refractivity contribution is 7.98. The lowest BCUT2D eigenvalue weighted by Gasteiger charge is -2.11.